The number of aliphatic hydroxyl groups excluding tert-OH is 1. The molecule has 0 radical (unpaired) electrons. The minimum Gasteiger partial charge on any atom is -0.395 e. The Bertz CT molecular complexity index is 195. The van der Waals surface area contributed by atoms with E-state index in [1.54, 1.807) is 0 Å². The Labute approximate surface area is 100 Å². The summed E-state index contributed by atoms with van der Waals surface area (Å²) in [5.74, 6) is 2.58. The van der Waals surface area contributed by atoms with Crippen molar-refractivity contribution in [3.63, 3.8) is 0 Å². The van der Waals surface area contributed by atoms with Gasteiger partial charge in [-0.2, -0.15) is 0 Å². The van der Waals surface area contributed by atoms with Gasteiger partial charge in [0.1, 0.15) is 0 Å². The van der Waals surface area contributed by atoms with Crippen molar-refractivity contribution in [2.24, 2.45) is 17.8 Å². The normalized spacial score (nSPS) is 23.1. The summed E-state index contributed by atoms with van der Waals surface area (Å²) in [4.78, 5) is 2.59. The van der Waals surface area contributed by atoms with Gasteiger partial charge >= 0.3 is 0 Å². The maximum Gasteiger partial charge on any atom is 0.0586 e. The van der Waals surface area contributed by atoms with E-state index in [1.165, 1.54) is 38.8 Å². The first-order valence-corrected chi connectivity index (χ1v) is 7.04. The highest BCUT2D eigenvalue weighted by Crippen LogP contribution is 2.35. The van der Waals surface area contributed by atoms with Crippen molar-refractivity contribution in [1.82, 2.24) is 4.90 Å². The number of hydrogen-bond acceptors (Lipinski definition) is 2. The summed E-state index contributed by atoms with van der Waals surface area (Å²) >= 11 is 0. The summed E-state index contributed by atoms with van der Waals surface area (Å²) in [6.07, 6.45) is 6.82. The van der Waals surface area contributed by atoms with Crippen LogP contribution < -0.4 is 0 Å². The lowest BCUT2D eigenvalue weighted by atomic mass is 10.0. The Balaban J connectivity index is 1.84. The zero-order valence-electron chi connectivity index (χ0n) is 10.9. The van der Waals surface area contributed by atoms with Gasteiger partial charge in [-0.15, -0.1) is 0 Å². The van der Waals surface area contributed by atoms with E-state index in [9.17, 15) is 5.11 Å². The Morgan fingerprint density at radius 1 is 1.06 bits per heavy atom. The topological polar surface area (TPSA) is 23.5 Å². The van der Waals surface area contributed by atoms with Crippen molar-refractivity contribution in [1.29, 1.82) is 0 Å². The van der Waals surface area contributed by atoms with Crippen molar-refractivity contribution in [2.75, 3.05) is 19.7 Å². The van der Waals surface area contributed by atoms with Crippen LogP contribution in [0.25, 0.3) is 0 Å². The molecule has 1 N–H and O–H groups in total. The summed E-state index contributed by atoms with van der Waals surface area (Å²) in [5.41, 5.74) is 0. The molecule has 16 heavy (non-hydrogen) atoms. The second-order valence-corrected chi connectivity index (χ2v) is 6.31. The average Bonchev–Trinajstić information content (AvgIpc) is 3.06. The number of aliphatic hydroxyl groups is 1. The second-order valence-electron chi connectivity index (χ2n) is 6.31. The van der Waals surface area contributed by atoms with Crippen LogP contribution in [0.4, 0.5) is 0 Å². The molecule has 0 aromatic rings. The molecule has 2 rings (SSSR count). The molecule has 0 aromatic carbocycles. The molecule has 0 spiro atoms. The molecule has 94 valence electrons. The van der Waals surface area contributed by atoms with Gasteiger partial charge < -0.3 is 5.11 Å². The van der Waals surface area contributed by atoms with Crippen LogP contribution in [0.1, 0.15) is 46.0 Å². The average molecular weight is 225 g/mol. The van der Waals surface area contributed by atoms with E-state index in [4.69, 9.17) is 0 Å². The molecule has 2 saturated carbocycles. The van der Waals surface area contributed by atoms with Crippen LogP contribution in [-0.2, 0) is 0 Å². The molecule has 0 aromatic heterocycles. The molecule has 2 nitrogen and oxygen atoms in total. The third kappa shape index (κ3) is 4.06. The van der Waals surface area contributed by atoms with Gasteiger partial charge in [0.15, 0.2) is 0 Å². The van der Waals surface area contributed by atoms with Gasteiger partial charge in [-0.1, -0.05) is 13.8 Å². The molecule has 0 amide bonds. The Morgan fingerprint density at radius 2 is 1.56 bits per heavy atom. The van der Waals surface area contributed by atoms with Gasteiger partial charge in [-0.3, -0.25) is 4.90 Å². The first-order chi connectivity index (χ1) is 7.69. The van der Waals surface area contributed by atoms with Crippen LogP contribution in [-0.4, -0.2) is 35.7 Å². The highest BCUT2D eigenvalue weighted by Gasteiger charge is 2.32. The van der Waals surface area contributed by atoms with E-state index in [-0.39, 0.29) is 0 Å². The maximum absolute atomic E-state index is 9.57. The van der Waals surface area contributed by atoms with Crippen LogP contribution in [0.5, 0.6) is 0 Å². The molecule has 2 fully saturated rings. The highest BCUT2D eigenvalue weighted by atomic mass is 16.3. The predicted molar refractivity (Wildman–Crippen MR) is 67.3 cm³/mol. The molecule has 2 aliphatic rings. The molecule has 1 atom stereocenters. The van der Waals surface area contributed by atoms with Crippen molar-refractivity contribution < 1.29 is 5.11 Å². The van der Waals surface area contributed by atoms with Gasteiger partial charge in [0.05, 0.1) is 6.61 Å². The largest absolute Gasteiger partial charge is 0.395 e. The van der Waals surface area contributed by atoms with E-state index in [0.29, 0.717) is 18.6 Å². The number of hydrogen-bond donors (Lipinski definition) is 1. The minimum absolute atomic E-state index is 0.345. The first kappa shape index (κ1) is 12.4. The molecule has 0 bridgehead atoms. The smallest absolute Gasteiger partial charge is 0.0586 e. The van der Waals surface area contributed by atoms with Gasteiger partial charge in [0.25, 0.3) is 0 Å². The zero-order chi connectivity index (χ0) is 11.5. The molecule has 2 heteroatoms. The van der Waals surface area contributed by atoms with Gasteiger partial charge in [0, 0.05) is 19.1 Å². The summed E-state index contributed by atoms with van der Waals surface area (Å²) in [6, 6.07) is 0.418. The third-order valence-corrected chi connectivity index (χ3v) is 3.85. The summed E-state index contributed by atoms with van der Waals surface area (Å²) in [6.45, 7) is 7.35. The molecular formula is C14H27NO. The monoisotopic (exact) mass is 225 g/mol. The Kier molecular flexibility index (Phi) is 4.26. The highest BCUT2D eigenvalue weighted by molar-refractivity contribution is 4.85. The van der Waals surface area contributed by atoms with Crippen LogP contribution in [0, 0.1) is 17.8 Å². The summed E-state index contributed by atoms with van der Waals surface area (Å²) < 4.78 is 0. The SMILES string of the molecule is CC(C)C[C@H](CO)N(CC1CC1)CC1CC1. The summed E-state index contributed by atoms with van der Waals surface area (Å²) in [5, 5.41) is 9.57. The predicted octanol–water partition coefficient (Wildman–Crippen LogP) is 2.52. The van der Waals surface area contributed by atoms with Gasteiger partial charge in [-0.25, -0.2) is 0 Å². The first-order valence-electron chi connectivity index (χ1n) is 7.04. The Morgan fingerprint density at radius 3 is 1.88 bits per heavy atom. The maximum atomic E-state index is 9.57. The second kappa shape index (κ2) is 5.50. The lowest BCUT2D eigenvalue weighted by molar-refractivity contribution is 0.0981. The van der Waals surface area contributed by atoms with Crippen molar-refractivity contribution in [3.8, 4) is 0 Å². The Hall–Kier alpha value is -0.0800. The van der Waals surface area contributed by atoms with E-state index >= 15 is 0 Å². The molecule has 0 heterocycles. The van der Waals surface area contributed by atoms with Crippen LogP contribution in [0.3, 0.4) is 0 Å². The number of rotatable bonds is 8. The standard InChI is InChI=1S/C14H27NO/c1-11(2)7-14(10-16)15(8-12-3-4-12)9-13-5-6-13/h11-14,16H,3-10H2,1-2H3/t14-/m1/s1. The van der Waals surface area contributed by atoms with Crippen LogP contribution in [0.2, 0.25) is 0 Å². The van der Waals surface area contributed by atoms with Crippen LogP contribution in [0.15, 0.2) is 0 Å². The van der Waals surface area contributed by atoms with Gasteiger partial charge in [0.2, 0.25) is 0 Å². The van der Waals surface area contributed by atoms with Crippen LogP contribution >= 0.6 is 0 Å². The van der Waals surface area contributed by atoms with Crippen molar-refractivity contribution >= 4 is 0 Å². The quantitative estimate of drug-likeness (QED) is 0.686. The fourth-order valence-electron chi connectivity index (χ4n) is 2.52. The molecule has 0 unspecified atom stereocenters. The van der Waals surface area contributed by atoms with E-state index in [1.807, 2.05) is 0 Å². The lowest BCUT2D eigenvalue weighted by Gasteiger charge is -2.31. The fourth-order valence-corrected chi connectivity index (χ4v) is 2.52. The van der Waals surface area contributed by atoms with E-state index < -0.39 is 0 Å². The number of nitrogens with zero attached hydrogens (tertiary/aromatic N) is 1. The zero-order valence-corrected chi connectivity index (χ0v) is 10.9. The molecule has 2 aliphatic carbocycles. The third-order valence-electron chi connectivity index (χ3n) is 3.85. The van der Waals surface area contributed by atoms with Gasteiger partial charge in [-0.05, 0) is 49.9 Å². The minimum atomic E-state index is 0.345. The van der Waals surface area contributed by atoms with Crippen molar-refractivity contribution in [3.05, 3.63) is 0 Å². The molecule has 0 aliphatic heterocycles. The fraction of sp³-hybridized carbons (Fsp3) is 1.00. The molecular weight excluding hydrogens is 198 g/mol. The van der Waals surface area contributed by atoms with E-state index in [2.05, 4.69) is 18.7 Å². The summed E-state index contributed by atoms with van der Waals surface area (Å²) in [7, 11) is 0. The van der Waals surface area contributed by atoms with E-state index in [0.717, 1.165) is 18.3 Å². The molecule has 0 saturated heterocycles. The lowest BCUT2D eigenvalue weighted by Crippen LogP contribution is -2.41. The van der Waals surface area contributed by atoms with Crippen molar-refractivity contribution in [2.45, 2.75) is 52.0 Å².